The maximum Gasteiger partial charge on any atom is 0.516 e. The zero-order valence-corrected chi connectivity index (χ0v) is 20.1. The van der Waals surface area contributed by atoms with Crippen molar-refractivity contribution in [2.75, 3.05) is 18.1 Å². The first-order valence-corrected chi connectivity index (χ1v) is 12.6. The summed E-state index contributed by atoms with van der Waals surface area (Å²) < 4.78 is 77.5. The average Bonchev–Trinajstić information content (AvgIpc) is 3.32. The Labute approximate surface area is 201 Å². The van der Waals surface area contributed by atoms with Crippen molar-refractivity contribution in [3.63, 3.8) is 0 Å². The summed E-state index contributed by atoms with van der Waals surface area (Å²) in [4.78, 5) is 19.0. The van der Waals surface area contributed by atoms with Gasteiger partial charge in [0.1, 0.15) is 17.8 Å². The fourth-order valence-corrected chi connectivity index (χ4v) is 5.15. The van der Waals surface area contributed by atoms with Crippen LogP contribution in [0.1, 0.15) is 33.5 Å². The predicted octanol–water partition coefficient (Wildman–Crippen LogP) is 3.25. The lowest BCUT2D eigenvalue weighted by Crippen LogP contribution is -2.46. The Kier molecular flexibility index (Phi) is 6.48. The molecule has 1 aliphatic rings. The normalized spacial score (nSPS) is 14.7. The molecule has 1 amide bonds. The number of alkyl halides is 3. The van der Waals surface area contributed by atoms with Gasteiger partial charge in [0.05, 0.1) is 24.5 Å². The van der Waals surface area contributed by atoms with Gasteiger partial charge in [-0.05, 0) is 31.0 Å². The second-order valence-electron chi connectivity index (χ2n) is 7.64. The molecular formula is C20H20F4N6O3S2. The molecular weight excluding hydrogens is 512 g/mol. The van der Waals surface area contributed by atoms with Crippen LogP contribution < -0.4 is 10.3 Å². The summed E-state index contributed by atoms with van der Waals surface area (Å²) in [6.07, 6.45) is 2.90. The summed E-state index contributed by atoms with van der Waals surface area (Å²) in [5, 5.41) is 7.47. The number of amides is 1. The minimum atomic E-state index is -5.56. The van der Waals surface area contributed by atoms with Gasteiger partial charge in [-0.15, -0.1) is 11.3 Å². The Hall–Kier alpha value is -3.20. The van der Waals surface area contributed by atoms with Gasteiger partial charge < -0.3 is 5.32 Å². The van der Waals surface area contributed by atoms with Gasteiger partial charge in [-0.1, -0.05) is 13.0 Å². The molecule has 3 heterocycles. The number of hydrogen-bond acceptors (Lipinski definition) is 7. The Morgan fingerprint density at radius 3 is 2.60 bits per heavy atom. The summed E-state index contributed by atoms with van der Waals surface area (Å²) in [6, 6.07) is 4.07. The summed E-state index contributed by atoms with van der Waals surface area (Å²) in [5.74, 6) is -1.08. The number of sulfonamides is 1. The Balaban J connectivity index is 1.45. The van der Waals surface area contributed by atoms with E-state index in [0.29, 0.717) is 34.7 Å². The number of hydrazone groups is 1. The maximum absolute atomic E-state index is 14.7. The van der Waals surface area contributed by atoms with Crippen LogP contribution in [-0.2, 0) is 23.0 Å². The summed E-state index contributed by atoms with van der Waals surface area (Å²) in [7, 11) is -5.56. The molecule has 188 valence electrons. The molecule has 2 aromatic heterocycles. The predicted molar refractivity (Wildman–Crippen MR) is 122 cm³/mol. The van der Waals surface area contributed by atoms with Gasteiger partial charge in [0.15, 0.2) is 4.96 Å². The lowest BCUT2D eigenvalue weighted by molar-refractivity contribution is -0.0471. The third-order valence-corrected chi connectivity index (χ3v) is 7.64. The molecule has 4 rings (SSSR count). The van der Waals surface area contributed by atoms with Crippen LogP contribution in [0.3, 0.4) is 0 Å². The van der Waals surface area contributed by atoms with Crippen LogP contribution in [0.2, 0.25) is 0 Å². The van der Waals surface area contributed by atoms with Crippen molar-refractivity contribution < 1.29 is 30.8 Å². The van der Waals surface area contributed by atoms with Crippen LogP contribution in [-0.4, -0.2) is 53.0 Å². The van der Waals surface area contributed by atoms with Crippen molar-refractivity contribution in [2.45, 2.75) is 32.3 Å². The number of aromatic nitrogens is 2. The molecule has 0 saturated carbocycles. The molecule has 0 aliphatic carbocycles. The number of carbonyl (C=O) groups excluding carboxylic acids is 1. The zero-order chi connectivity index (χ0) is 25.5. The van der Waals surface area contributed by atoms with E-state index in [0.717, 1.165) is 9.89 Å². The van der Waals surface area contributed by atoms with Gasteiger partial charge in [0.2, 0.25) is 0 Å². The van der Waals surface area contributed by atoms with Gasteiger partial charge in [-0.3, -0.25) is 14.2 Å². The number of benzene rings is 1. The average molecular weight is 533 g/mol. The van der Waals surface area contributed by atoms with E-state index in [1.807, 2.05) is 20.0 Å². The molecule has 0 fully saturated rings. The lowest BCUT2D eigenvalue weighted by Gasteiger charge is -2.29. The van der Waals surface area contributed by atoms with E-state index >= 15 is 0 Å². The maximum atomic E-state index is 14.7. The van der Waals surface area contributed by atoms with Gasteiger partial charge in [-0.25, -0.2) is 13.7 Å². The van der Waals surface area contributed by atoms with E-state index in [-0.39, 0.29) is 29.0 Å². The molecule has 0 spiro atoms. The molecule has 0 radical (unpaired) electrons. The highest BCUT2D eigenvalue weighted by Crippen LogP contribution is 2.28. The third-order valence-electron chi connectivity index (χ3n) is 5.26. The van der Waals surface area contributed by atoms with Crippen LogP contribution in [0.25, 0.3) is 4.96 Å². The standard InChI is InChI=1S/C20H20F4N6O3S2/c1-3-15-17(29-10-12(2)34-19(29)27-15)18(31)25-9-13-4-5-16(14(21)8-13)30-7-6-28(11-26-30)35(32,33)20(22,23)24/h4-5,8,10-11H,3,6-7,9H2,1-2H3,(H,25,31). The number of anilines is 1. The van der Waals surface area contributed by atoms with Crippen molar-refractivity contribution >= 4 is 44.3 Å². The topological polar surface area (TPSA) is 99.4 Å². The minimum absolute atomic E-state index is 0.0242. The van der Waals surface area contributed by atoms with Gasteiger partial charge >= 0.3 is 15.5 Å². The van der Waals surface area contributed by atoms with Crippen molar-refractivity contribution in [1.82, 2.24) is 19.0 Å². The number of rotatable bonds is 6. The fraction of sp³-hybridized carbons (Fsp3) is 0.350. The van der Waals surface area contributed by atoms with Crippen LogP contribution in [0, 0.1) is 12.7 Å². The van der Waals surface area contributed by atoms with Crippen molar-refractivity contribution in [2.24, 2.45) is 5.10 Å². The molecule has 0 atom stereocenters. The molecule has 0 bridgehead atoms. The van der Waals surface area contributed by atoms with Crippen molar-refractivity contribution in [3.05, 3.63) is 52.0 Å². The molecule has 35 heavy (non-hydrogen) atoms. The van der Waals surface area contributed by atoms with E-state index in [1.54, 1.807) is 4.40 Å². The van der Waals surface area contributed by atoms with Gasteiger partial charge in [0.25, 0.3) is 5.91 Å². The van der Waals surface area contributed by atoms with Crippen LogP contribution in [0.5, 0.6) is 0 Å². The molecule has 0 unspecified atom stereocenters. The number of fused-ring (bicyclic) bond motifs is 1. The smallest absolute Gasteiger partial charge is 0.347 e. The van der Waals surface area contributed by atoms with Crippen LogP contribution in [0.15, 0.2) is 29.5 Å². The van der Waals surface area contributed by atoms with Crippen molar-refractivity contribution in [1.29, 1.82) is 0 Å². The molecule has 0 saturated heterocycles. The molecule has 1 N–H and O–H groups in total. The first-order valence-electron chi connectivity index (χ1n) is 10.4. The van der Waals surface area contributed by atoms with E-state index < -0.39 is 27.9 Å². The third kappa shape index (κ3) is 4.69. The lowest BCUT2D eigenvalue weighted by atomic mass is 10.1. The molecule has 9 nitrogen and oxygen atoms in total. The number of aryl methyl sites for hydroxylation is 2. The Bertz CT molecular complexity index is 1410. The number of carbonyl (C=O) groups is 1. The number of hydrogen-bond donors (Lipinski definition) is 1. The highest BCUT2D eigenvalue weighted by Gasteiger charge is 2.50. The van der Waals surface area contributed by atoms with Crippen LogP contribution >= 0.6 is 11.3 Å². The van der Waals surface area contributed by atoms with E-state index in [2.05, 4.69) is 15.4 Å². The molecule has 1 aliphatic heterocycles. The Morgan fingerprint density at radius 2 is 2.00 bits per heavy atom. The van der Waals surface area contributed by atoms with Crippen molar-refractivity contribution in [3.8, 4) is 0 Å². The molecule has 3 aromatic rings. The first-order chi connectivity index (χ1) is 16.4. The second-order valence-corrected chi connectivity index (χ2v) is 10.7. The number of nitrogens with one attached hydrogen (secondary N) is 1. The number of imidazole rings is 1. The van der Waals surface area contributed by atoms with E-state index in [1.165, 1.54) is 29.5 Å². The number of nitrogens with zero attached hydrogens (tertiary/aromatic N) is 5. The second kappa shape index (κ2) is 9.11. The zero-order valence-electron chi connectivity index (χ0n) is 18.5. The number of thiazole rings is 1. The first kappa shape index (κ1) is 24.9. The monoisotopic (exact) mass is 532 g/mol. The fourth-order valence-electron chi connectivity index (χ4n) is 3.55. The highest BCUT2D eigenvalue weighted by molar-refractivity contribution is 7.90. The van der Waals surface area contributed by atoms with Gasteiger partial charge in [0, 0.05) is 17.6 Å². The quantitative estimate of drug-likeness (QED) is 0.492. The summed E-state index contributed by atoms with van der Waals surface area (Å²) in [5.41, 5.74) is -3.98. The molecule has 1 aromatic carbocycles. The van der Waals surface area contributed by atoms with Crippen LogP contribution in [0.4, 0.5) is 23.2 Å². The number of halogens is 4. The van der Waals surface area contributed by atoms with E-state index in [4.69, 9.17) is 0 Å². The molecule has 15 heteroatoms. The minimum Gasteiger partial charge on any atom is -0.347 e. The summed E-state index contributed by atoms with van der Waals surface area (Å²) in [6.45, 7) is 3.00. The SMILES string of the molecule is CCc1nc2sc(C)cn2c1C(=O)NCc1ccc(N2CCN(S(=O)(=O)C(F)(F)F)C=N2)c(F)c1. The highest BCUT2D eigenvalue weighted by atomic mass is 32.2. The van der Waals surface area contributed by atoms with Gasteiger partial charge in [-0.2, -0.15) is 26.7 Å². The summed E-state index contributed by atoms with van der Waals surface area (Å²) >= 11 is 1.47. The largest absolute Gasteiger partial charge is 0.516 e. The van der Waals surface area contributed by atoms with E-state index in [9.17, 15) is 30.8 Å². The Morgan fingerprint density at radius 1 is 1.26 bits per heavy atom.